The number of carbonyl (C=O) groups is 1. The maximum Gasteiger partial charge on any atom is 0.417 e. The van der Waals surface area contributed by atoms with Crippen LogP contribution in [0, 0.1) is 11.3 Å². The van der Waals surface area contributed by atoms with Crippen LogP contribution < -0.4 is 16.0 Å². The van der Waals surface area contributed by atoms with E-state index in [2.05, 4.69) is 5.32 Å². The van der Waals surface area contributed by atoms with Crippen LogP contribution in [-0.4, -0.2) is 16.9 Å². The maximum absolute atomic E-state index is 13.2. The van der Waals surface area contributed by atoms with E-state index in [-0.39, 0.29) is 16.5 Å². The molecule has 0 saturated carbocycles. The van der Waals surface area contributed by atoms with Crippen molar-refractivity contribution >= 4 is 52.3 Å². The standard InChI is InChI=1S/C19H16ClF3N4OS/c1-18(2,10-28)27(13-5-6-15(20)16(25)8-13)17(29)26-12-4-3-11(9-24)14(7-12)19(21,22)23/h3-8,10H,25H2,1-2H3,(H,26,29). The molecule has 2 rings (SSSR count). The molecule has 2 aromatic carbocycles. The highest BCUT2D eigenvalue weighted by molar-refractivity contribution is 7.80. The summed E-state index contributed by atoms with van der Waals surface area (Å²) in [5.74, 6) is 0. The number of aldehydes is 1. The van der Waals surface area contributed by atoms with Gasteiger partial charge < -0.3 is 20.7 Å². The van der Waals surface area contributed by atoms with E-state index in [1.54, 1.807) is 19.9 Å². The number of alkyl halides is 3. The Labute approximate surface area is 175 Å². The van der Waals surface area contributed by atoms with Crippen molar-refractivity contribution in [3.8, 4) is 6.07 Å². The van der Waals surface area contributed by atoms with E-state index < -0.39 is 22.8 Å². The molecular weight excluding hydrogens is 425 g/mol. The number of carbonyl (C=O) groups excluding carboxylic acids is 1. The lowest BCUT2D eigenvalue weighted by atomic mass is 10.0. The zero-order valence-corrected chi connectivity index (χ0v) is 16.9. The second kappa shape index (κ2) is 8.27. The van der Waals surface area contributed by atoms with Gasteiger partial charge in [-0.2, -0.15) is 18.4 Å². The van der Waals surface area contributed by atoms with Gasteiger partial charge in [-0.25, -0.2) is 0 Å². The lowest BCUT2D eigenvalue weighted by molar-refractivity contribution is -0.137. The zero-order valence-electron chi connectivity index (χ0n) is 15.3. The fraction of sp³-hybridized carbons (Fsp3) is 0.211. The maximum atomic E-state index is 13.2. The second-order valence-corrected chi connectivity index (χ2v) is 7.41. The SMILES string of the molecule is CC(C)(C=O)N(C(=S)Nc1ccc(C#N)c(C(F)(F)F)c1)c1ccc(Cl)c(N)c1. The minimum absolute atomic E-state index is 0.00922. The zero-order chi connectivity index (χ0) is 22.0. The predicted octanol–water partition coefficient (Wildman–Crippen LogP) is 4.99. The van der Waals surface area contributed by atoms with Crippen LogP contribution in [0.25, 0.3) is 0 Å². The normalized spacial score (nSPS) is 11.5. The summed E-state index contributed by atoms with van der Waals surface area (Å²) in [6.45, 7) is 3.16. The Balaban J connectivity index is 2.47. The van der Waals surface area contributed by atoms with Gasteiger partial charge in [0, 0.05) is 11.4 Å². The molecular formula is C19H16ClF3N4OS. The summed E-state index contributed by atoms with van der Waals surface area (Å²) < 4.78 is 39.6. The van der Waals surface area contributed by atoms with Gasteiger partial charge in [0.25, 0.3) is 0 Å². The molecule has 0 aliphatic heterocycles. The number of nitrogens with zero attached hydrogens (tertiary/aromatic N) is 2. The molecule has 2 aromatic rings. The summed E-state index contributed by atoms with van der Waals surface area (Å²) in [7, 11) is 0. The van der Waals surface area contributed by atoms with E-state index >= 15 is 0 Å². The molecule has 0 atom stereocenters. The summed E-state index contributed by atoms with van der Waals surface area (Å²) in [6, 6.07) is 9.24. The lowest BCUT2D eigenvalue weighted by Gasteiger charge is -2.36. The summed E-state index contributed by atoms with van der Waals surface area (Å²) in [6.07, 6.45) is -4.07. The van der Waals surface area contributed by atoms with Gasteiger partial charge in [0.1, 0.15) is 6.29 Å². The first-order valence-corrected chi connectivity index (χ1v) is 8.93. The van der Waals surface area contributed by atoms with Crippen molar-refractivity contribution in [2.75, 3.05) is 16.0 Å². The number of rotatable bonds is 4. The molecule has 10 heteroatoms. The molecule has 5 nitrogen and oxygen atoms in total. The largest absolute Gasteiger partial charge is 0.417 e. The number of hydrogen-bond donors (Lipinski definition) is 2. The van der Waals surface area contributed by atoms with Crippen LogP contribution in [0.5, 0.6) is 0 Å². The van der Waals surface area contributed by atoms with Crippen LogP contribution in [0.4, 0.5) is 30.2 Å². The predicted molar refractivity (Wildman–Crippen MR) is 111 cm³/mol. The molecule has 3 N–H and O–H groups in total. The molecule has 29 heavy (non-hydrogen) atoms. The van der Waals surface area contributed by atoms with Crippen molar-refractivity contribution < 1.29 is 18.0 Å². The highest BCUT2D eigenvalue weighted by atomic mass is 35.5. The number of thiocarbonyl (C=S) groups is 1. The fourth-order valence-electron chi connectivity index (χ4n) is 2.57. The van der Waals surface area contributed by atoms with Crippen LogP contribution in [0.15, 0.2) is 36.4 Å². The molecule has 0 aliphatic rings. The number of nitrogens with one attached hydrogen (secondary N) is 1. The molecule has 0 amide bonds. The van der Waals surface area contributed by atoms with Crippen LogP contribution in [0.2, 0.25) is 5.02 Å². The molecule has 0 saturated heterocycles. The van der Waals surface area contributed by atoms with Crippen LogP contribution in [-0.2, 0) is 11.0 Å². The van der Waals surface area contributed by atoms with E-state index in [4.69, 9.17) is 34.8 Å². The fourth-order valence-corrected chi connectivity index (χ4v) is 3.14. The molecule has 0 aromatic heterocycles. The Morgan fingerprint density at radius 1 is 1.28 bits per heavy atom. The summed E-state index contributed by atoms with van der Waals surface area (Å²) >= 11 is 11.3. The molecule has 0 aliphatic carbocycles. The number of benzene rings is 2. The van der Waals surface area contributed by atoms with Gasteiger partial charge in [-0.3, -0.25) is 0 Å². The average molecular weight is 441 g/mol. The molecule has 0 radical (unpaired) electrons. The Morgan fingerprint density at radius 2 is 1.93 bits per heavy atom. The third kappa shape index (κ3) is 4.96. The van der Waals surface area contributed by atoms with Crippen LogP contribution in [0.1, 0.15) is 25.0 Å². The molecule has 0 bridgehead atoms. The topological polar surface area (TPSA) is 82.2 Å². The van der Waals surface area contributed by atoms with Gasteiger partial charge in [-0.15, -0.1) is 0 Å². The van der Waals surface area contributed by atoms with E-state index in [0.29, 0.717) is 17.0 Å². The van der Waals surface area contributed by atoms with Gasteiger partial charge in [0.05, 0.1) is 33.4 Å². The number of nitrogens with two attached hydrogens (primary N) is 1. The number of nitrogen functional groups attached to an aromatic ring is 1. The molecule has 0 unspecified atom stereocenters. The Kier molecular flexibility index (Phi) is 6.40. The quantitative estimate of drug-likeness (QED) is 0.396. The second-order valence-electron chi connectivity index (χ2n) is 6.61. The molecule has 0 fully saturated rings. The minimum atomic E-state index is -4.71. The van der Waals surface area contributed by atoms with Crippen molar-refractivity contribution in [1.82, 2.24) is 0 Å². The minimum Gasteiger partial charge on any atom is -0.397 e. The van der Waals surface area contributed by atoms with Crippen molar-refractivity contribution in [2.24, 2.45) is 0 Å². The van der Waals surface area contributed by atoms with Crippen molar-refractivity contribution in [2.45, 2.75) is 25.6 Å². The monoisotopic (exact) mass is 440 g/mol. The summed E-state index contributed by atoms with van der Waals surface area (Å²) in [5, 5.41) is 11.9. The van der Waals surface area contributed by atoms with E-state index in [1.807, 2.05) is 0 Å². The molecule has 0 heterocycles. The van der Waals surface area contributed by atoms with Crippen molar-refractivity contribution in [3.05, 3.63) is 52.5 Å². The number of nitriles is 1. The highest BCUT2D eigenvalue weighted by Crippen LogP contribution is 2.34. The smallest absolute Gasteiger partial charge is 0.397 e. The van der Waals surface area contributed by atoms with Crippen molar-refractivity contribution in [1.29, 1.82) is 5.26 Å². The molecule has 152 valence electrons. The number of halogens is 4. The van der Waals surface area contributed by atoms with Gasteiger partial charge in [-0.05, 0) is 62.5 Å². The van der Waals surface area contributed by atoms with E-state index in [1.165, 1.54) is 29.2 Å². The first-order valence-electron chi connectivity index (χ1n) is 8.14. The number of anilines is 3. The average Bonchev–Trinajstić information content (AvgIpc) is 2.64. The summed E-state index contributed by atoms with van der Waals surface area (Å²) in [4.78, 5) is 13.1. The third-order valence-corrected chi connectivity index (χ3v) is 4.63. The van der Waals surface area contributed by atoms with Gasteiger partial charge in [0.2, 0.25) is 0 Å². The number of hydrogen-bond acceptors (Lipinski definition) is 4. The van der Waals surface area contributed by atoms with Crippen LogP contribution in [0.3, 0.4) is 0 Å². The lowest BCUT2D eigenvalue weighted by Crippen LogP contribution is -2.51. The first kappa shape index (κ1) is 22.5. The third-order valence-electron chi connectivity index (χ3n) is 4.00. The van der Waals surface area contributed by atoms with E-state index in [9.17, 15) is 18.0 Å². The summed E-state index contributed by atoms with van der Waals surface area (Å²) in [5.41, 5.74) is 3.76. The van der Waals surface area contributed by atoms with Gasteiger partial charge >= 0.3 is 6.18 Å². The van der Waals surface area contributed by atoms with E-state index in [0.717, 1.165) is 12.1 Å². The van der Waals surface area contributed by atoms with Gasteiger partial charge in [-0.1, -0.05) is 11.6 Å². The Bertz CT molecular complexity index is 1000. The Hall–Kier alpha value is -2.83. The Morgan fingerprint density at radius 3 is 2.45 bits per heavy atom. The first-order chi connectivity index (χ1) is 13.4. The van der Waals surface area contributed by atoms with Crippen molar-refractivity contribution in [3.63, 3.8) is 0 Å². The van der Waals surface area contributed by atoms with Gasteiger partial charge in [0.15, 0.2) is 5.11 Å². The van der Waals surface area contributed by atoms with Crippen LogP contribution >= 0.6 is 23.8 Å². The molecule has 0 spiro atoms. The highest BCUT2D eigenvalue weighted by Gasteiger charge is 2.34.